The molecule has 2 aliphatic rings. The molecule has 0 aliphatic carbocycles. The lowest BCUT2D eigenvalue weighted by Crippen LogP contribution is -2.44. The molecule has 5 nitrogen and oxygen atoms in total. The van der Waals surface area contributed by atoms with Crippen LogP contribution >= 0.6 is 0 Å². The number of hydrogen-bond donors (Lipinski definition) is 0. The van der Waals surface area contributed by atoms with E-state index in [9.17, 15) is 13.2 Å². The van der Waals surface area contributed by atoms with Gasteiger partial charge in [0.15, 0.2) is 9.84 Å². The van der Waals surface area contributed by atoms with Crippen molar-refractivity contribution in [1.29, 1.82) is 0 Å². The molecule has 2 aromatic carbocycles. The molecule has 2 heterocycles. The van der Waals surface area contributed by atoms with E-state index < -0.39 is 15.7 Å². The molecule has 0 N–H and O–H groups in total. The normalized spacial score (nSPS) is 21.9. The molecule has 4 rings (SSSR count). The maximum absolute atomic E-state index is 15.0. The van der Waals surface area contributed by atoms with Gasteiger partial charge in [0.25, 0.3) is 5.91 Å². The summed E-state index contributed by atoms with van der Waals surface area (Å²) in [6, 6.07) is 11.8. The average Bonchev–Trinajstić information content (AvgIpc) is 3.42. The minimum absolute atomic E-state index is 0.0337. The van der Waals surface area contributed by atoms with Gasteiger partial charge in [0.05, 0.1) is 16.2 Å². The summed E-state index contributed by atoms with van der Waals surface area (Å²) in [5.41, 5.74) is 1.42. The van der Waals surface area contributed by atoms with E-state index in [1.165, 1.54) is 18.9 Å². The summed E-state index contributed by atoms with van der Waals surface area (Å²) in [4.78, 5) is 17.7. The van der Waals surface area contributed by atoms with Gasteiger partial charge in [-0.25, -0.2) is 12.8 Å². The Kier molecular flexibility index (Phi) is 6.67. The van der Waals surface area contributed by atoms with Gasteiger partial charge in [-0.2, -0.15) is 0 Å². The Morgan fingerprint density at radius 1 is 1.03 bits per heavy atom. The number of likely N-dealkylation sites (tertiary alicyclic amines) is 2. The van der Waals surface area contributed by atoms with Crippen molar-refractivity contribution < 1.29 is 17.6 Å². The van der Waals surface area contributed by atoms with E-state index in [4.69, 9.17) is 0 Å². The fourth-order valence-electron chi connectivity index (χ4n) is 4.87. The number of carbonyl (C=O) groups is 1. The van der Waals surface area contributed by atoms with Crippen molar-refractivity contribution in [3.05, 3.63) is 53.8 Å². The monoisotopic (exact) mass is 458 g/mol. The van der Waals surface area contributed by atoms with Crippen molar-refractivity contribution in [3.8, 4) is 11.1 Å². The summed E-state index contributed by atoms with van der Waals surface area (Å²) in [7, 11) is -3.28. The summed E-state index contributed by atoms with van der Waals surface area (Å²) in [6.07, 6.45) is 4.30. The zero-order valence-electron chi connectivity index (χ0n) is 18.8. The second kappa shape index (κ2) is 9.32. The van der Waals surface area contributed by atoms with Crippen LogP contribution in [0.5, 0.6) is 0 Å². The predicted octanol–water partition coefficient (Wildman–Crippen LogP) is 4.38. The number of amides is 1. The maximum atomic E-state index is 15.0. The van der Waals surface area contributed by atoms with Gasteiger partial charge in [0.2, 0.25) is 0 Å². The highest BCUT2D eigenvalue weighted by Gasteiger charge is 2.33. The Hall–Kier alpha value is -2.25. The van der Waals surface area contributed by atoms with Crippen LogP contribution in [0.25, 0.3) is 11.1 Å². The van der Waals surface area contributed by atoms with E-state index in [0.717, 1.165) is 25.9 Å². The first-order valence-corrected chi connectivity index (χ1v) is 13.1. The number of carbonyl (C=O) groups excluding carboxylic acids is 1. The lowest BCUT2D eigenvalue weighted by atomic mass is 10.0. The molecule has 1 amide bonds. The van der Waals surface area contributed by atoms with E-state index in [-0.39, 0.29) is 28.2 Å². The molecular formula is C25H31FN2O3S. The van der Waals surface area contributed by atoms with Gasteiger partial charge in [-0.05, 0) is 74.5 Å². The standard InChI is InChI=1S/C25H31FN2O3S/c1-3-32(30,31)22-11-8-19(9-12-22)20-10-13-23(24(26)16-20)25(29)28-15-5-7-21(28)17-27-14-4-6-18(27)2/h8-13,16,18,21H,3-7,14-15,17H2,1-2H3. The molecule has 2 aliphatic heterocycles. The van der Waals surface area contributed by atoms with Crippen LogP contribution in [0.15, 0.2) is 47.4 Å². The first kappa shape index (κ1) is 22.9. The Morgan fingerprint density at radius 2 is 1.72 bits per heavy atom. The zero-order chi connectivity index (χ0) is 22.9. The van der Waals surface area contributed by atoms with Gasteiger partial charge in [-0.1, -0.05) is 25.1 Å². The molecule has 2 fully saturated rings. The molecule has 32 heavy (non-hydrogen) atoms. The number of hydrogen-bond acceptors (Lipinski definition) is 4. The van der Waals surface area contributed by atoms with Crippen molar-refractivity contribution in [1.82, 2.24) is 9.80 Å². The van der Waals surface area contributed by atoms with Gasteiger partial charge in [-0.15, -0.1) is 0 Å². The Bertz CT molecular complexity index is 1080. The highest BCUT2D eigenvalue weighted by molar-refractivity contribution is 7.91. The summed E-state index contributed by atoms with van der Waals surface area (Å²) in [5, 5.41) is 0. The smallest absolute Gasteiger partial charge is 0.257 e. The average molecular weight is 459 g/mol. The topological polar surface area (TPSA) is 57.7 Å². The van der Waals surface area contributed by atoms with E-state index in [2.05, 4.69) is 11.8 Å². The number of rotatable bonds is 6. The number of halogens is 1. The van der Waals surface area contributed by atoms with Crippen LogP contribution in [-0.2, 0) is 9.84 Å². The van der Waals surface area contributed by atoms with Gasteiger partial charge >= 0.3 is 0 Å². The Morgan fingerprint density at radius 3 is 2.34 bits per heavy atom. The Labute approximate surface area is 190 Å². The third-order valence-corrected chi connectivity index (χ3v) is 8.65. The molecule has 2 unspecified atom stereocenters. The molecule has 2 atom stereocenters. The van der Waals surface area contributed by atoms with Gasteiger partial charge in [0, 0.05) is 25.2 Å². The van der Waals surface area contributed by atoms with Crippen LogP contribution in [0, 0.1) is 5.82 Å². The van der Waals surface area contributed by atoms with Crippen molar-refractivity contribution in [2.24, 2.45) is 0 Å². The summed E-state index contributed by atoms with van der Waals surface area (Å²) in [5.74, 6) is -0.753. The molecule has 2 aromatic rings. The van der Waals surface area contributed by atoms with Crippen LogP contribution in [0.3, 0.4) is 0 Å². The number of benzene rings is 2. The first-order valence-electron chi connectivity index (χ1n) is 11.5. The highest BCUT2D eigenvalue weighted by Crippen LogP contribution is 2.28. The molecule has 7 heteroatoms. The fraction of sp³-hybridized carbons (Fsp3) is 0.480. The van der Waals surface area contributed by atoms with Crippen LogP contribution < -0.4 is 0 Å². The third-order valence-electron chi connectivity index (χ3n) is 6.90. The van der Waals surface area contributed by atoms with Gasteiger partial charge in [0.1, 0.15) is 5.82 Å². The summed E-state index contributed by atoms with van der Waals surface area (Å²) >= 11 is 0. The quantitative estimate of drug-likeness (QED) is 0.645. The van der Waals surface area contributed by atoms with E-state index in [0.29, 0.717) is 23.7 Å². The second-order valence-corrected chi connectivity index (χ2v) is 11.2. The molecule has 2 saturated heterocycles. The van der Waals surface area contributed by atoms with Gasteiger partial charge in [-0.3, -0.25) is 9.69 Å². The molecule has 0 aromatic heterocycles. The molecule has 0 saturated carbocycles. The predicted molar refractivity (Wildman–Crippen MR) is 124 cm³/mol. The minimum atomic E-state index is -3.28. The first-order chi connectivity index (χ1) is 15.3. The fourth-order valence-corrected chi connectivity index (χ4v) is 5.76. The number of sulfone groups is 1. The summed E-state index contributed by atoms with van der Waals surface area (Å²) < 4.78 is 39.0. The zero-order valence-corrected chi connectivity index (χ0v) is 19.6. The maximum Gasteiger partial charge on any atom is 0.257 e. The van der Waals surface area contributed by atoms with E-state index in [1.54, 1.807) is 43.3 Å². The molecule has 172 valence electrons. The third kappa shape index (κ3) is 4.59. The molecule has 0 radical (unpaired) electrons. The highest BCUT2D eigenvalue weighted by atomic mass is 32.2. The van der Waals surface area contributed by atoms with Crippen molar-refractivity contribution >= 4 is 15.7 Å². The second-order valence-electron chi connectivity index (χ2n) is 8.90. The largest absolute Gasteiger partial charge is 0.334 e. The van der Waals surface area contributed by atoms with Crippen LogP contribution in [-0.4, -0.2) is 61.6 Å². The van der Waals surface area contributed by atoms with E-state index in [1.807, 2.05) is 4.90 Å². The van der Waals surface area contributed by atoms with Crippen LogP contribution in [0.1, 0.15) is 49.9 Å². The van der Waals surface area contributed by atoms with Crippen molar-refractivity contribution in [2.45, 2.75) is 56.5 Å². The molecule has 0 spiro atoms. The SMILES string of the molecule is CCS(=O)(=O)c1ccc(-c2ccc(C(=O)N3CCCC3CN3CCCC3C)c(F)c2)cc1. The lowest BCUT2D eigenvalue weighted by molar-refractivity contribution is 0.0692. The van der Waals surface area contributed by atoms with Crippen LogP contribution in [0.4, 0.5) is 4.39 Å². The molecule has 0 bridgehead atoms. The lowest BCUT2D eigenvalue weighted by Gasteiger charge is -2.31. The van der Waals surface area contributed by atoms with Crippen LogP contribution in [0.2, 0.25) is 0 Å². The van der Waals surface area contributed by atoms with Crippen molar-refractivity contribution in [3.63, 3.8) is 0 Å². The number of nitrogens with zero attached hydrogens (tertiary/aromatic N) is 2. The minimum Gasteiger partial charge on any atom is -0.334 e. The Balaban J connectivity index is 1.51. The van der Waals surface area contributed by atoms with Crippen molar-refractivity contribution in [2.75, 3.05) is 25.4 Å². The molecular weight excluding hydrogens is 427 g/mol. The van der Waals surface area contributed by atoms with E-state index >= 15 is 4.39 Å². The van der Waals surface area contributed by atoms with Gasteiger partial charge < -0.3 is 4.90 Å². The summed E-state index contributed by atoms with van der Waals surface area (Å²) in [6.45, 7) is 6.43.